The predicted octanol–water partition coefficient (Wildman–Crippen LogP) is 3.65. The van der Waals surface area contributed by atoms with Crippen molar-refractivity contribution in [1.29, 1.82) is 0 Å². The Hall–Kier alpha value is -0.970. The lowest BCUT2D eigenvalue weighted by atomic mass is 10.2. The van der Waals surface area contributed by atoms with Gasteiger partial charge in [0.2, 0.25) is 0 Å². The van der Waals surface area contributed by atoms with Crippen LogP contribution in [-0.2, 0) is 11.3 Å². The van der Waals surface area contributed by atoms with Gasteiger partial charge in [0.05, 0.1) is 25.3 Å². The van der Waals surface area contributed by atoms with E-state index in [1.807, 2.05) is 12.1 Å². The van der Waals surface area contributed by atoms with Crippen LogP contribution in [0.4, 0.5) is 0 Å². The van der Waals surface area contributed by atoms with Crippen molar-refractivity contribution in [3.8, 4) is 11.5 Å². The van der Waals surface area contributed by atoms with Gasteiger partial charge in [-0.2, -0.15) is 0 Å². The summed E-state index contributed by atoms with van der Waals surface area (Å²) in [6.07, 6.45) is 2.45. The highest BCUT2D eigenvalue weighted by Crippen LogP contribution is 2.37. The van der Waals surface area contributed by atoms with Crippen LogP contribution in [-0.4, -0.2) is 33.5 Å². The Morgan fingerprint density at radius 3 is 2.52 bits per heavy atom. The first kappa shape index (κ1) is 18.1. The molecule has 1 N–H and O–H groups in total. The molecule has 0 radical (unpaired) electrons. The minimum Gasteiger partial charge on any atom is -0.493 e. The van der Waals surface area contributed by atoms with Crippen molar-refractivity contribution < 1.29 is 14.2 Å². The van der Waals surface area contributed by atoms with Gasteiger partial charge >= 0.3 is 0 Å². The zero-order valence-electron chi connectivity index (χ0n) is 13.4. The van der Waals surface area contributed by atoms with Crippen LogP contribution in [0.5, 0.6) is 11.5 Å². The first-order chi connectivity index (χ1) is 10.1. The molecular formula is C16H26ClNO3. The van der Waals surface area contributed by atoms with Gasteiger partial charge in [-0.05, 0) is 44.9 Å². The smallest absolute Gasteiger partial charge is 0.179 e. The molecule has 0 amide bonds. The van der Waals surface area contributed by atoms with Crippen LogP contribution in [0.1, 0.15) is 32.3 Å². The third-order valence-electron chi connectivity index (χ3n) is 3.08. The van der Waals surface area contributed by atoms with Gasteiger partial charge in [0.1, 0.15) is 0 Å². The Labute approximate surface area is 132 Å². The van der Waals surface area contributed by atoms with Gasteiger partial charge in [-0.25, -0.2) is 0 Å². The number of nitrogens with one attached hydrogen (secondary N) is 1. The molecule has 0 aliphatic heterocycles. The Kier molecular flexibility index (Phi) is 8.50. The fraction of sp³-hybridized carbons (Fsp3) is 0.625. The summed E-state index contributed by atoms with van der Waals surface area (Å²) in [5.41, 5.74) is 1.01. The maximum absolute atomic E-state index is 6.33. The highest BCUT2D eigenvalue weighted by Gasteiger charge is 2.12. The minimum absolute atomic E-state index is 0.309. The average Bonchev–Trinajstić information content (AvgIpc) is 2.46. The number of rotatable bonds is 10. The maximum Gasteiger partial charge on any atom is 0.179 e. The summed E-state index contributed by atoms with van der Waals surface area (Å²) < 4.78 is 16.0. The third-order valence-corrected chi connectivity index (χ3v) is 3.49. The number of halogens is 1. The summed E-state index contributed by atoms with van der Waals surface area (Å²) >= 11 is 6.33. The van der Waals surface area contributed by atoms with E-state index < -0.39 is 0 Å². The fourth-order valence-electron chi connectivity index (χ4n) is 1.96. The van der Waals surface area contributed by atoms with E-state index in [1.54, 1.807) is 14.2 Å². The Bertz CT molecular complexity index is 424. The second-order valence-electron chi connectivity index (χ2n) is 5.08. The lowest BCUT2D eigenvalue weighted by molar-refractivity contribution is 0.0760. The van der Waals surface area contributed by atoms with Crippen LogP contribution in [0.2, 0.25) is 5.02 Å². The van der Waals surface area contributed by atoms with Gasteiger partial charge in [0.25, 0.3) is 0 Å². The van der Waals surface area contributed by atoms with Crippen molar-refractivity contribution in [3.63, 3.8) is 0 Å². The molecule has 0 heterocycles. The first-order valence-corrected chi connectivity index (χ1v) is 7.69. The zero-order valence-corrected chi connectivity index (χ0v) is 14.1. The molecule has 0 atom stereocenters. The number of ether oxygens (including phenoxy) is 3. The van der Waals surface area contributed by atoms with Crippen molar-refractivity contribution >= 4 is 11.6 Å². The van der Waals surface area contributed by atoms with E-state index >= 15 is 0 Å². The number of hydrogen-bond donors (Lipinski definition) is 1. The SMILES string of the molecule is COc1ccc(CNCCCCOC(C)C)c(Cl)c1OC. The second kappa shape index (κ2) is 9.87. The Morgan fingerprint density at radius 2 is 1.90 bits per heavy atom. The molecule has 1 rings (SSSR count). The zero-order chi connectivity index (χ0) is 15.7. The van der Waals surface area contributed by atoms with E-state index in [1.165, 1.54) is 0 Å². The molecule has 120 valence electrons. The molecule has 0 aliphatic carbocycles. The normalized spacial score (nSPS) is 11.0. The Morgan fingerprint density at radius 1 is 1.14 bits per heavy atom. The molecule has 1 aromatic rings. The van der Waals surface area contributed by atoms with Crippen molar-refractivity contribution in [2.75, 3.05) is 27.4 Å². The van der Waals surface area contributed by atoms with Crippen molar-refractivity contribution in [2.24, 2.45) is 0 Å². The van der Waals surface area contributed by atoms with Crippen molar-refractivity contribution in [2.45, 2.75) is 39.3 Å². The largest absolute Gasteiger partial charge is 0.493 e. The van der Waals surface area contributed by atoms with Gasteiger partial charge in [-0.1, -0.05) is 17.7 Å². The average molecular weight is 316 g/mol. The standard InChI is InChI=1S/C16H26ClNO3/c1-12(2)21-10-6-5-9-18-11-13-7-8-14(19-3)16(20-4)15(13)17/h7-8,12,18H,5-6,9-11H2,1-4H3. The highest BCUT2D eigenvalue weighted by molar-refractivity contribution is 6.33. The van der Waals surface area contributed by atoms with Gasteiger partial charge < -0.3 is 19.5 Å². The highest BCUT2D eigenvalue weighted by atomic mass is 35.5. The van der Waals surface area contributed by atoms with E-state index in [4.69, 9.17) is 25.8 Å². The van der Waals surface area contributed by atoms with Crippen molar-refractivity contribution in [3.05, 3.63) is 22.7 Å². The monoisotopic (exact) mass is 315 g/mol. The molecule has 1 aromatic carbocycles. The fourth-order valence-corrected chi connectivity index (χ4v) is 2.26. The number of benzene rings is 1. The molecule has 5 heteroatoms. The maximum atomic E-state index is 6.33. The molecular weight excluding hydrogens is 290 g/mol. The molecule has 0 bridgehead atoms. The number of unbranched alkanes of at least 4 members (excludes halogenated alkanes) is 1. The summed E-state index contributed by atoms with van der Waals surface area (Å²) in [6, 6.07) is 3.83. The number of hydrogen-bond acceptors (Lipinski definition) is 4. The van der Waals surface area contributed by atoms with Gasteiger partial charge in [0.15, 0.2) is 11.5 Å². The Balaban J connectivity index is 2.35. The van der Waals surface area contributed by atoms with E-state index in [-0.39, 0.29) is 0 Å². The van der Waals surface area contributed by atoms with E-state index in [9.17, 15) is 0 Å². The van der Waals surface area contributed by atoms with Crippen LogP contribution in [0.25, 0.3) is 0 Å². The van der Waals surface area contributed by atoms with Crippen LogP contribution in [0.15, 0.2) is 12.1 Å². The molecule has 0 saturated carbocycles. The summed E-state index contributed by atoms with van der Waals surface area (Å²) in [5, 5.41) is 3.99. The van der Waals surface area contributed by atoms with E-state index in [0.717, 1.165) is 31.6 Å². The van der Waals surface area contributed by atoms with Crippen LogP contribution < -0.4 is 14.8 Å². The molecule has 0 saturated heterocycles. The molecule has 0 spiro atoms. The van der Waals surface area contributed by atoms with E-state index in [0.29, 0.717) is 29.2 Å². The third kappa shape index (κ3) is 6.12. The summed E-state index contributed by atoms with van der Waals surface area (Å²) in [5.74, 6) is 1.24. The first-order valence-electron chi connectivity index (χ1n) is 7.31. The van der Waals surface area contributed by atoms with Crippen LogP contribution in [0.3, 0.4) is 0 Å². The number of methoxy groups -OCH3 is 2. The molecule has 0 unspecified atom stereocenters. The molecule has 4 nitrogen and oxygen atoms in total. The second-order valence-corrected chi connectivity index (χ2v) is 5.46. The minimum atomic E-state index is 0.309. The van der Waals surface area contributed by atoms with Gasteiger partial charge in [0, 0.05) is 13.2 Å². The summed E-state index contributed by atoms with van der Waals surface area (Å²) in [7, 11) is 3.20. The topological polar surface area (TPSA) is 39.7 Å². The molecule has 21 heavy (non-hydrogen) atoms. The summed E-state index contributed by atoms with van der Waals surface area (Å²) in [6.45, 7) is 6.57. The summed E-state index contributed by atoms with van der Waals surface area (Å²) in [4.78, 5) is 0. The van der Waals surface area contributed by atoms with Gasteiger partial charge in [-0.15, -0.1) is 0 Å². The predicted molar refractivity (Wildman–Crippen MR) is 86.6 cm³/mol. The van der Waals surface area contributed by atoms with Gasteiger partial charge in [-0.3, -0.25) is 0 Å². The molecule has 0 aromatic heterocycles. The van der Waals surface area contributed by atoms with Crippen LogP contribution >= 0.6 is 11.6 Å². The van der Waals surface area contributed by atoms with E-state index in [2.05, 4.69) is 19.2 Å². The quantitative estimate of drug-likeness (QED) is 0.669. The molecule has 0 aliphatic rings. The van der Waals surface area contributed by atoms with Crippen LogP contribution in [0, 0.1) is 0 Å². The lowest BCUT2D eigenvalue weighted by Gasteiger charge is -2.13. The molecule has 0 fully saturated rings. The lowest BCUT2D eigenvalue weighted by Crippen LogP contribution is -2.16. The van der Waals surface area contributed by atoms with Crippen molar-refractivity contribution in [1.82, 2.24) is 5.32 Å².